The third kappa shape index (κ3) is 2.79. The molecule has 19 heavy (non-hydrogen) atoms. The van der Waals surface area contributed by atoms with Gasteiger partial charge in [-0.3, -0.25) is 9.88 Å². The summed E-state index contributed by atoms with van der Waals surface area (Å²) < 4.78 is 13.8. The molecule has 1 saturated heterocycles. The predicted octanol–water partition coefficient (Wildman–Crippen LogP) is 2.91. The highest BCUT2D eigenvalue weighted by atomic mass is 19.1. The molecule has 0 bridgehead atoms. The van der Waals surface area contributed by atoms with Gasteiger partial charge in [0.25, 0.3) is 0 Å². The van der Waals surface area contributed by atoms with E-state index < -0.39 is 17.5 Å². The number of rotatable bonds is 4. The van der Waals surface area contributed by atoms with Crippen molar-refractivity contribution in [2.45, 2.75) is 51.2 Å². The zero-order valence-electron chi connectivity index (χ0n) is 11.8. The van der Waals surface area contributed by atoms with Crippen LogP contribution in [0.5, 0.6) is 0 Å². The van der Waals surface area contributed by atoms with Gasteiger partial charge in [0.15, 0.2) is 0 Å². The van der Waals surface area contributed by atoms with E-state index in [1.165, 1.54) is 18.8 Å². The van der Waals surface area contributed by atoms with E-state index >= 15 is 0 Å². The van der Waals surface area contributed by atoms with Crippen LogP contribution >= 0.6 is 0 Å². The van der Waals surface area contributed by atoms with Crippen molar-refractivity contribution >= 4 is 0 Å². The summed E-state index contributed by atoms with van der Waals surface area (Å²) in [6.45, 7) is 6.04. The summed E-state index contributed by atoms with van der Waals surface area (Å²) in [6, 6.07) is 1.58. The molecule has 0 aliphatic carbocycles. The van der Waals surface area contributed by atoms with E-state index in [0.717, 1.165) is 32.4 Å². The average molecular weight is 266 g/mol. The fraction of sp³-hybridized carbons (Fsp3) is 0.667. The van der Waals surface area contributed by atoms with Crippen molar-refractivity contribution in [2.24, 2.45) is 0 Å². The van der Waals surface area contributed by atoms with Crippen LogP contribution in [0.25, 0.3) is 0 Å². The summed E-state index contributed by atoms with van der Waals surface area (Å²) in [5.74, 6) is -0.424. The van der Waals surface area contributed by atoms with Crippen LogP contribution < -0.4 is 0 Å². The molecule has 1 aromatic rings. The molecule has 3 nitrogen and oxygen atoms in total. The number of aromatic nitrogens is 1. The Morgan fingerprint density at radius 1 is 1.42 bits per heavy atom. The summed E-state index contributed by atoms with van der Waals surface area (Å²) >= 11 is 0. The second-order valence-electron chi connectivity index (χ2n) is 5.56. The number of halogens is 1. The van der Waals surface area contributed by atoms with E-state index in [1.807, 2.05) is 6.92 Å². The summed E-state index contributed by atoms with van der Waals surface area (Å²) in [5.41, 5.74) is -0.0623. The second-order valence-corrected chi connectivity index (χ2v) is 5.56. The monoisotopic (exact) mass is 266 g/mol. The van der Waals surface area contributed by atoms with Crippen molar-refractivity contribution in [3.63, 3.8) is 0 Å². The van der Waals surface area contributed by atoms with Gasteiger partial charge >= 0.3 is 0 Å². The van der Waals surface area contributed by atoms with Gasteiger partial charge in [0, 0.05) is 17.3 Å². The summed E-state index contributed by atoms with van der Waals surface area (Å²) in [5, 5.41) is 10.7. The highest BCUT2D eigenvalue weighted by Gasteiger charge is 2.39. The van der Waals surface area contributed by atoms with Gasteiger partial charge in [0.05, 0.1) is 12.3 Å². The van der Waals surface area contributed by atoms with Gasteiger partial charge in [0.2, 0.25) is 0 Å². The minimum Gasteiger partial charge on any atom is -0.386 e. The van der Waals surface area contributed by atoms with E-state index in [0.29, 0.717) is 5.56 Å². The lowest BCUT2D eigenvalue weighted by Crippen LogP contribution is -2.52. The maximum Gasteiger partial charge on any atom is 0.147 e. The topological polar surface area (TPSA) is 36.4 Å². The molecule has 106 valence electrons. The molecule has 0 amide bonds. The fourth-order valence-corrected chi connectivity index (χ4v) is 2.94. The zero-order valence-corrected chi connectivity index (χ0v) is 11.8. The fourth-order valence-electron chi connectivity index (χ4n) is 2.94. The van der Waals surface area contributed by atoms with Gasteiger partial charge < -0.3 is 5.11 Å². The van der Waals surface area contributed by atoms with E-state index in [-0.39, 0.29) is 0 Å². The zero-order chi connectivity index (χ0) is 13.9. The first-order valence-corrected chi connectivity index (χ1v) is 7.12. The van der Waals surface area contributed by atoms with Gasteiger partial charge in [-0.05, 0) is 45.3 Å². The number of hydrogen-bond donors (Lipinski definition) is 1. The quantitative estimate of drug-likeness (QED) is 0.910. The molecular weight excluding hydrogens is 243 g/mol. The molecule has 4 heteroatoms. The first-order chi connectivity index (χ1) is 9.09. The molecule has 1 aromatic heterocycles. The normalized spacial score (nSPS) is 21.9. The molecule has 1 aliphatic rings. The Kier molecular flexibility index (Phi) is 4.53. The van der Waals surface area contributed by atoms with Gasteiger partial charge in [-0.2, -0.15) is 0 Å². The van der Waals surface area contributed by atoms with Crippen molar-refractivity contribution in [3.8, 4) is 0 Å². The van der Waals surface area contributed by atoms with E-state index in [9.17, 15) is 9.50 Å². The molecule has 2 rings (SSSR count). The van der Waals surface area contributed by atoms with Gasteiger partial charge in [0.1, 0.15) is 5.82 Å². The van der Waals surface area contributed by atoms with Crippen molar-refractivity contribution in [1.82, 2.24) is 9.88 Å². The number of piperidine rings is 1. The maximum absolute atomic E-state index is 13.8. The third-order valence-electron chi connectivity index (χ3n) is 4.48. The number of nitrogens with zero attached hydrogens (tertiary/aromatic N) is 2. The lowest BCUT2D eigenvalue weighted by Gasteiger charge is -2.46. The van der Waals surface area contributed by atoms with Crippen molar-refractivity contribution in [3.05, 3.63) is 29.8 Å². The molecule has 0 spiro atoms. The Bertz CT molecular complexity index is 420. The van der Waals surface area contributed by atoms with Gasteiger partial charge in [-0.1, -0.05) is 13.3 Å². The van der Waals surface area contributed by atoms with Crippen LogP contribution in [0.1, 0.15) is 51.2 Å². The summed E-state index contributed by atoms with van der Waals surface area (Å²) in [6.07, 6.45) is 6.23. The van der Waals surface area contributed by atoms with E-state index in [1.54, 1.807) is 6.07 Å². The minimum atomic E-state index is -0.821. The van der Waals surface area contributed by atoms with Crippen LogP contribution in [0.4, 0.5) is 4.39 Å². The Balaban J connectivity index is 2.27. The number of aliphatic hydroxyl groups is 1. The van der Waals surface area contributed by atoms with Gasteiger partial charge in [-0.25, -0.2) is 4.39 Å². The molecule has 0 radical (unpaired) electrons. The molecule has 0 aromatic carbocycles. The summed E-state index contributed by atoms with van der Waals surface area (Å²) in [7, 11) is 0. The van der Waals surface area contributed by atoms with Crippen molar-refractivity contribution in [2.75, 3.05) is 13.1 Å². The van der Waals surface area contributed by atoms with E-state index in [4.69, 9.17) is 0 Å². The Morgan fingerprint density at radius 3 is 2.68 bits per heavy atom. The number of pyridine rings is 1. The molecule has 2 heterocycles. The lowest BCUT2D eigenvalue weighted by atomic mass is 9.84. The highest BCUT2D eigenvalue weighted by Crippen LogP contribution is 2.36. The third-order valence-corrected chi connectivity index (χ3v) is 4.48. The minimum absolute atomic E-state index is 0.352. The van der Waals surface area contributed by atoms with Crippen molar-refractivity contribution < 1.29 is 9.50 Å². The molecule has 0 saturated carbocycles. The lowest BCUT2D eigenvalue weighted by molar-refractivity contribution is -0.0368. The number of hydrogen-bond acceptors (Lipinski definition) is 3. The standard InChI is InChI=1S/C15H23FN2O/c1-3-15(2,18-9-5-4-6-10-18)14(19)12-7-8-17-11-13(12)16/h7-8,11,14,19H,3-6,9-10H2,1-2H3. The first-order valence-electron chi connectivity index (χ1n) is 7.12. The smallest absolute Gasteiger partial charge is 0.147 e. The SMILES string of the molecule is CCC(C)(C(O)c1ccncc1F)N1CCCCC1. The number of likely N-dealkylation sites (tertiary alicyclic amines) is 1. The molecule has 1 fully saturated rings. The van der Waals surface area contributed by atoms with Crippen molar-refractivity contribution in [1.29, 1.82) is 0 Å². The van der Waals surface area contributed by atoms with Gasteiger partial charge in [-0.15, -0.1) is 0 Å². The van der Waals surface area contributed by atoms with Crippen LogP contribution in [0.15, 0.2) is 18.5 Å². The molecular formula is C15H23FN2O. The van der Waals surface area contributed by atoms with Crippen LogP contribution in [-0.4, -0.2) is 33.6 Å². The molecule has 1 N–H and O–H groups in total. The molecule has 1 aliphatic heterocycles. The maximum atomic E-state index is 13.8. The molecule has 2 atom stereocenters. The van der Waals surface area contributed by atoms with Crippen LogP contribution in [0.2, 0.25) is 0 Å². The second kappa shape index (κ2) is 5.97. The summed E-state index contributed by atoms with van der Waals surface area (Å²) in [4.78, 5) is 6.05. The van der Waals surface area contributed by atoms with Crippen LogP contribution in [0.3, 0.4) is 0 Å². The van der Waals surface area contributed by atoms with Crippen LogP contribution in [-0.2, 0) is 0 Å². The average Bonchev–Trinajstić information content (AvgIpc) is 2.47. The van der Waals surface area contributed by atoms with E-state index in [2.05, 4.69) is 16.8 Å². The first kappa shape index (κ1) is 14.4. The Labute approximate surface area is 114 Å². The Morgan fingerprint density at radius 2 is 2.11 bits per heavy atom. The highest BCUT2D eigenvalue weighted by molar-refractivity contribution is 5.20. The van der Waals surface area contributed by atoms with Crippen LogP contribution in [0, 0.1) is 5.82 Å². The number of aliphatic hydroxyl groups excluding tert-OH is 1. The predicted molar refractivity (Wildman–Crippen MR) is 73.3 cm³/mol. The Hall–Kier alpha value is -1.00. The molecule has 2 unspecified atom stereocenters. The largest absolute Gasteiger partial charge is 0.386 e.